The zero-order valence-electron chi connectivity index (χ0n) is 17.6. The highest BCUT2D eigenvalue weighted by molar-refractivity contribution is 6.08. The summed E-state index contributed by atoms with van der Waals surface area (Å²) in [5.74, 6) is 0.310. The van der Waals surface area contributed by atoms with E-state index in [1.807, 2.05) is 61.0 Å². The summed E-state index contributed by atoms with van der Waals surface area (Å²) in [4.78, 5) is 33.6. The SMILES string of the molecule is CC(C)n1cnc(C2CN(C(=O)c3ccccc3)c3ccc(C(=O)N(C)C)cc32)n1. The summed E-state index contributed by atoms with van der Waals surface area (Å²) in [6.07, 6.45) is 1.72. The molecule has 0 bridgehead atoms. The summed E-state index contributed by atoms with van der Waals surface area (Å²) in [5.41, 5.74) is 2.90. The molecule has 0 fully saturated rings. The molecule has 0 radical (unpaired) electrons. The number of anilines is 1. The number of aromatic nitrogens is 3. The summed E-state index contributed by atoms with van der Waals surface area (Å²) >= 11 is 0. The molecule has 1 atom stereocenters. The lowest BCUT2D eigenvalue weighted by molar-refractivity contribution is 0.0827. The van der Waals surface area contributed by atoms with Crippen molar-refractivity contribution in [3.63, 3.8) is 0 Å². The molecule has 0 saturated heterocycles. The van der Waals surface area contributed by atoms with Crippen molar-refractivity contribution in [3.8, 4) is 0 Å². The van der Waals surface area contributed by atoms with Gasteiger partial charge in [0.05, 0.1) is 5.92 Å². The molecule has 0 N–H and O–H groups in total. The van der Waals surface area contributed by atoms with Gasteiger partial charge in [0.25, 0.3) is 11.8 Å². The second-order valence-electron chi connectivity index (χ2n) is 7.98. The highest BCUT2D eigenvalue weighted by Gasteiger charge is 2.36. The Morgan fingerprint density at radius 2 is 1.80 bits per heavy atom. The highest BCUT2D eigenvalue weighted by Crippen LogP contribution is 2.40. The number of fused-ring (bicyclic) bond motifs is 1. The summed E-state index contributed by atoms with van der Waals surface area (Å²) in [7, 11) is 3.45. The molecule has 7 nitrogen and oxygen atoms in total. The molecule has 4 rings (SSSR count). The number of benzene rings is 2. The van der Waals surface area contributed by atoms with Gasteiger partial charge in [-0.15, -0.1) is 0 Å². The molecule has 2 amide bonds. The molecule has 1 unspecified atom stereocenters. The Kier molecular flexibility index (Phi) is 5.11. The van der Waals surface area contributed by atoms with Crippen molar-refractivity contribution in [2.75, 3.05) is 25.5 Å². The first-order valence-electron chi connectivity index (χ1n) is 10.0. The lowest BCUT2D eigenvalue weighted by Crippen LogP contribution is -2.30. The smallest absolute Gasteiger partial charge is 0.258 e. The normalized spacial score (nSPS) is 15.4. The van der Waals surface area contributed by atoms with Gasteiger partial charge in [-0.1, -0.05) is 18.2 Å². The van der Waals surface area contributed by atoms with Gasteiger partial charge in [0.15, 0.2) is 5.82 Å². The third-order valence-corrected chi connectivity index (χ3v) is 5.34. The van der Waals surface area contributed by atoms with Crippen molar-refractivity contribution in [3.05, 3.63) is 77.4 Å². The maximum Gasteiger partial charge on any atom is 0.258 e. The number of rotatable bonds is 4. The molecular weight excluding hydrogens is 378 g/mol. The Labute approximate surface area is 175 Å². The Balaban J connectivity index is 1.78. The topological polar surface area (TPSA) is 71.3 Å². The maximum atomic E-state index is 13.2. The van der Waals surface area contributed by atoms with E-state index < -0.39 is 0 Å². The molecule has 7 heteroatoms. The molecule has 1 aliphatic rings. The first-order chi connectivity index (χ1) is 14.4. The summed E-state index contributed by atoms with van der Waals surface area (Å²) < 4.78 is 1.81. The van der Waals surface area contributed by atoms with E-state index in [4.69, 9.17) is 0 Å². The number of nitrogens with zero attached hydrogens (tertiary/aromatic N) is 5. The van der Waals surface area contributed by atoms with Gasteiger partial charge in [-0.05, 0) is 49.7 Å². The first kappa shape index (κ1) is 19.8. The van der Waals surface area contributed by atoms with Crippen LogP contribution in [0.3, 0.4) is 0 Å². The molecule has 3 aromatic rings. The minimum atomic E-state index is -0.192. The molecule has 2 aromatic carbocycles. The summed E-state index contributed by atoms with van der Waals surface area (Å²) in [5, 5.41) is 4.64. The van der Waals surface area contributed by atoms with Crippen LogP contribution in [0.4, 0.5) is 5.69 Å². The molecule has 0 saturated carbocycles. The van der Waals surface area contributed by atoms with Gasteiger partial charge in [-0.2, -0.15) is 5.10 Å². The Morgan fingerprint density at radius 1 is 1.07 bits per heavy atom. The number of amides is 2. The van der Waals surface area contributed by atoms with Gasteiger partial charge in [-0.3, -0.25) is 14.3 Å². The minimum Gasteiger partial charge on any atom is -0.345 e. The molecule has 30 heavy (non-hydrogen) atoms. The highest BCUT2D eigenvalue weighted by atomic mass is 16.2. The standard InChI is InChI=1S/C23H25N5O2/c1-15(2)28-14-24-21(25-28)19-13-27(23(30)16-8-6-5-7-9-16)20-11-10-17(12-18(19)20)22(29)26(3)4/h5-12,14-15,19H,13H2,1-4H3. The van der Waals surface area contributed by atoms with Gasteiger partial charge < -0.3 is 9.80 Å². The van der Waals surface area contributed by atoms with Crippen molar-refractivity contribution >= 4 is 17.5 Å². The lowest BCUT2D eigenvalue weighted by atomic mass is 9.98. The average Bonchev–Trinajstić information content (AvgIpc) is 3.38. The van der Waals surface area contributed by atoms with E-state index >= 15 is 0 Å². The van der Waals surface area contributed by atoms with Crippen molar-refractivity contribution < 1.29 is 9.59 Å². The molecule has 0 aliphatic carbocycles. The summed E-state index contributed by atoms with van der Waals surface area (Å²) in [6.45, 7) is 4.52. The Hall–Kier alpha value is -3.48. The van der Waals surface area contributed by atoms with E-state index in [1.165, 1.54) is 0 Å². The van der Waals surface area contributed by atoms with Crippen LogP contribution >= 0.6 is 0 Å². The molecule has 154 valence electrons. The summed E-state index contributed by atoms with van der Waals surface area (Å²) in [6, 6.07) is 14.9. The number of hydrogen-bond donors (Lipinski definition) is 0. The molecular formula is C23H25N5O2. The second kappa shape index (κ2) is 7.74. The van der Waals surface area contributed by atoms with E-state index in [0.29, 0.717) is 23.5 Å². The molecule has 1 aromatic heterocycles. The lowest BCUT2D eigenvalue weighted by Gasteiger charge is -2.18. The van der Waals surface area contributed by atoms with Crippen molar-refractivity contribution in [1.29, 1.82) is 0 Å². The van der Waals surface area contributed by atoms with Crippen LogP contribution in [0.2, 0.25) is 0 Å². The van der Waals surface area contributed by atoms with E-state index in [0.717, 1.165) is 11.3 Å². The van der Waals surface area contributed by atoms with Gasteiger partial charge in [0.1, 0.15) is 6.33 Å². The van der Waals surface area contributed by atoms with E-state index in [9.17, 15) is 9.59 Å². The van der Waals surface area contributed by atoms with E-state index in [1.54, 1.807) is 36.3 Å². The number of carbonyl (C=O) groups is 2. The van der Waals surface area contributed by atoms with E-state index in [2.05, 4.69) is 10.1 Å². The van der Waals surface area contributed by atoms with Crippen LogP contribution in [-0.2, 0) is 0 Å². The zero-order valence-corrected chi connectivity index (χ0v) is 17.6. The van der Waals surface area contributed by atoms with Crippen LogP contribution in [0.1, 0.15) is 57.9 Å². The predicted octanol–water partition coefficient (Wildman–Crippen LogP) is 3.35. The van der Waals surface area contributed by atoms with Gasteiger partial charge >= 0.3 is 0 Å². The van der Waals surface area contributed by atoms with Gasteiger partial charge in [0.2, 0.25) is 0 Å². The zero-order chi connectivity index (χ0) is 21.4. The fourth-order valence-corrected chi connectivity index (χ4v) is 3.70. The number of hydrogen-bond acceptors (Lipinski definition) is 4. The Morgan fingerprint density at radius 3 is 2.43 bits per heavy atom. The largest absolute Gasteiger partial charge is 0.345 e. The van der Waals surface area contributed by atoms with Crippen LogP contribution in [-0.4, -0.2) is 52.1 Å². The minimum absolute atomic E-state index is 0.0747. The third-order valence-electron chi connectivity index (χ3n) is 5.34. The second-order valence-corrected chi connectivity index (χ2v) is 7.98. The van der Waals surface area contributed by atoms with Gasteiger partial charge in [0, 0.05) is 43.5 Å². The van der Waals surface area contributed by atoms with Crippen LogP contribution < -0.4 is 4.90 Å². The third kappa shape index (κ3) is 3.47. The van der Waals surface area contributed by atoms with Crippen molar-refractivity contribution in [2.24, 2.45) is 0 Å². The van der Waals surface area contributed by atoms with Crippen molar-refractivity contribution in [2.45, 2.75) is 25.8 Å². The van der Waals surface area contributed by atoms with E-state index in [-0.39, 0.29) is 23.8 Å². The van der Waals surface area contributed by atoms with Crippen molar-refractivity contribution in [1.82, 2.24) is 19.7 Å². The van der Waals surface area contributed by atoms with Crippen LogP contribution in [0, 0.1) is 0 Å². The Bertz CT molecular complexity index is 1090. The quantitative estimate of drug-likeness (QED) is 0.670. The van der Waals surface area contributed by atoms with Crippen LogP contribution in [0.25, 0.3) is 0 Å². The fourth-order valence-electron chi connectivity index (χ4n) is 3.70. The fraction of sp³-hybridized carbons (Fsp3) is 0.304. The maximum absolute atomic E-state index is 13.2. The number of carbonyl (C=O) groups excluding carboxylic acids is 2. The molecule has 1 aliphatic heterocycles. The molecule has 2 heterocycles. The average molecular weight is 403 g/mol. The van der Waals surface area contributed by atoms with Crippen LogP contribution in [0.5, 0.6) is 0 Å². The molecule has 0 spiro atoms. The monoisotopic (exact) mass is 403 g/mol. The van der Waals surface area contributed by atoms with Crippen LogP contribution in [0.15, 0.2) is 54.9 Å². The predicted molar refractivity (Wildman–Crippen MR) is 115 cm³/mol. The van der Waals surface area contributed by atoms with Gasteiger partial charge in [-0.25, -0.2) is 4.98 Å². The first-order valence-corrected chi connectivity index (χ1v) is 10.0.